The largest absolute Gasteiger partial charge is 0.457 e. The molecule has 266 valence electrons. The molecule has 0 bridgehead atoms. The molecule has 4 aromatic heterocycles. The van der Waals surface area contributed by atoms with Crippen molar-refractivity contribution in [1.82, 2.24) is 0 Å². The Morgan fingerprint density at radius 3 is 0.821 bits per heavy atom. The molecule has 0 unspecified atom stereocenters. The van der Waals surface area contributed by atoms with Crippen molar-refractivity contribution in [2.24, 2.45) is 0 Å². The highest BCUT2D eigenvalue weighted by Gasteiger charge is 2.12. The van der Waals surface area contributed by atoms with Crippen LogP contribution in [0.15, 0.2) is 232 Å². The number of hydrogen-bond donors (Lipinski definition) is 0. The number of para-hydroxylation sites is 2. The number of pyridine rings is 4. The van der Waals surface area contributed by atoms with Crippen LogP contribution in [0, 0.1) is 0 Å². The van der Waals surface area contributed by atoms with Crippen molar-refractivity contribution in [2.75, 3.05) is 0 Å². The standard InChI is InChI=1S/C50H38N4O2/c1-3-8-43(9-4-1)51-30-22-39(23-31-51)41-26-34-53(35-27-41)45-14-18-47(19-15-45)55-49-12-7-13-50(38-49)56-48-20-16-46(17-21-48)54-36-28-42(29-37-54)40-24-32-52(33-25-40)44-10-5-2-6-11-44/h1-38H/q+4. The van der Waals surface area contributed by atoms with E-state index in [1.165, 1.54) is 0 Å². The molecule has 4 heterocycles. The second kappa shape index (κ2) is 15.7. The first-order valence-electron chi connectivity index (χ1n) is 18.5. The SMILES string of the molecule is c1ccc(-[n+]2ccc(-c3cc[n+](-c4ccc(Oc5cccc(Oc6ccc(-[n+]7ccc(-c8cc[n+](-c9ccccc9)cc8)cc7)cc6)c5)cc4)cc3)cc2)cc1. The van der Waals surface area contributed by atoms with E-state index in [2.05, 4.69) is 165 Å². The summed E-state index contributed by atoms with van der Waals surface area (Å²) < 4.78 is 20.9. The van der Waals surface area contributed by atoms with E-state index in [-0.39, 0.29) is 0 Å². The van der Waals surface area contributed by atoms with Crippen molar-refractivity contribution in [3.05, 3.63) is 232 Å². The van der Waals surface area contributed by atoms with Gasteiger partial charge < -0.3 is 9.47 Å². The monoisotopic (exact) mass is 726 g/mol. The minimum Gasteiger partial charge on any atom is -0.457 e. The fourth-order valence-corrected chi connectivity index (χ4v) is 6.61. The molecule has 0 N–H and O–H groups in total. The van der Waals surface area contributed by atoms with Gasteiger partial charge in [0.25, 0.3) is 0 Å². The lowest BCUT2D eigenvalue weighted by molar-refractivity contribution is -0.596. The summed E-state index contributed by atoms with van der Waals surface area (Å²) in [5, 5.41) is 0. The molecule has 0 aliphatic rings. The molecule has 0 saturated heterocycles. The smallest absolute Gasteiger partial charge is 0.210 e. The Morgan fingerprint density at radius 2 is 0.518 bits per heavy atom. The van der Waals surface area contributed by atoms with Crippen LogP contribution in [0.5, 0.6) is 23.0 Å². The van der Waals surface area contributed by atoms with E-state index in [9.17, 15) is 0 Å². The topological polar surface area (TPSA) is 34.0 Å². The van der Waals surface area contributed by atoms with Gasteiger partial charge >= 0.3 is 0 Å². The highest BCUT2D eigenvalue weighted by atomic mass is 16.5. The van der Waals surface area contributed by atoms with Gasteiger partial charge in [-0.2, -0.15) is 18.3 Å². The summed E-state index contributed by atoms with van der Waals surface area (Å²) in [6, 6.07) is 61.6. The molecule has 5 aromatic carbocycles. The first kappa shape index (κ1) is 34.1. The van der Waals surface area contributed by atoms with Crippen LogP contribution in [0.3, 0.4) is 0 Å². The quantitative estimate of drug-likeness (QED) is 0.132. The predicted molar refractivity (Wildman–Crippen MR) is 216 cm³/mol. The van der Waals surface area contributed by atoms with Gasteiger partial charge in [-0.25, -0.2) is 0 Å². The van der Waals surface area contributed by atoms with Crippen LogP contribution >= 0.6 is 0 Å². The van der Waals surface area contributed by atoms with Crippen LogP contribution in [0.1, 0.15) is 0 Å². The molecule has 0 radical (unpaired) electrons. The Hall–Kier alpha value is -7.70. The van der Waals surface area contributed by atoms with Gasteiger partial charge in [-0.3, -0.25) is 0 Å². The Kier molecular flexibility index (Phi) is 9.57. The minimum atomic E-state index is 0.698. The molecule has 9 rings (SSSR count). The fraction of sp³-hybridized carbons (Fsp3) is 0. The van der Waals surface area contributed by atoms with Gasteiger partial charge in [-0.15, -0.1) is 0 Å². The summed E-state index contributed by atoms with van der Waals surface area (Å²) in [6.45, 7) is 0. The maximum Gasteiger partial charge on any atom is 0.210 e. The first-order chi connectivity index (χ1) is 27.7. The normalized spacial score (nSPS) is 10.9. The molecule has 6 nitrogen and oxygen atoms in total. The van der Waals surface area contributed by atoms with Gasteiger partial charge in [0, 0.05) is 103 Å². The van der Waals surface area contributed by atoms with E-state index in [1.54, 1.807) is 0 Å². The number of hydrogen-bond acceptors (Lipinski definition) is 2. The minimum absolute atomic E-state index is 0.698. The molecular formula is C50H38N4O2+4. The number of ether oxygens (including phenoxy) is 2. The van der Waals surface area contributed by atoms with Crippen LogP contribution in [0.2, 0.25) is 0 Å². The number of aromatic nitrogens is 4. The first-order valence-corrected chi connectivity index (χ1v) is 18.5. The van der Waals surface area contributed by atoms with Crippen molar-refractivity contribution in [1.29, 1.82) is 0 Å². The molecule has 0 aliphatic heterocycles. The third-order valence-corrected chi connectivity index (χ3v) is 9.64. The Morgan fingerprint density at radius 1 is 0.232 bits per heavy atom. The molecule has 0 fully saturated rings. The van der Waals surface area contributed by atoms with Crippen LogP contribution in [-0.2, 0) is 0 Å². The number of rotatable bonds is 10. The summed E-state index contributed by atoms with van der Waals surface area (Å²) in [6.07, 6.45) is 16.7. The lowest BCUT2D eigenvalue weighted by Gasteiger charge is -2.09. The predicted octanol–water partition coefficient (Wildman–Crippen LogP) is 9.71. The van der Waals surface area contributed by atoms with Gasteiger partial charge in [0.05, 0.1) is 0 Å². The van der Waals surface area contributed by atoms with Crippen molar-refractivity contribution in [2.45, 2.75) is 0 Å². The van der Waals surface area contributed by atoms with E-state index in [0.29, 0.717) is 11.5 Å². The zero-order valence-corrected chi connectivity index (χ0v) is 30.5. The summed E-state index contributed by atoms with van der Waals surface area (Å²) in [7, 11) is 0. The molecule has 0 saturated carbocycles. The van der Waals surface area contributed by atoms with E-state index < -0.39 is 0 Å². The average Bonchev–Trinajstić information content (AvgIpc) is 3.28. The second-order valence-electron chi connectivity index (χ2n) is 13.3. The number of benzene rings is 5. The van der Waals surface area contributed by atoms with Gasteiger partial charge in [0.2, 0.25) is 22.7 Å². The average molecular weight is 727 g/mol. The van der Waals surface area contributed by atoms with Crippen LogP contribution < -0.4 is 27.7 Å². The fourth-order valence-electron chi connectivity index (χ4n) is 6.61. The van der Waals surface area contributed by atoms with Gasteiger partial charge in [-0.1, -0.05) is 42.5 Å². The van der Waals surface area contributed by atoms with Crippen LogP contribution in [-0.4, -0.2) is 0 Å². The van der Waals surface area contributed by atoms with Gasteiger partial charge in [-0.05, 0) is 58.7 Å². The Balaban J connectivity index is 0.802. The van der Waals surface area contributed by atoms with Crippen molar-refractivity contribution in [3.63, 3.8) is 0 Å². The molecule has 0 spiro atoms. The highest BCUT2D eigenvalue weighted by molar-refractivity contribution is 5.62. The Bertz CT molecular complexity index is 2480. The summed E-state index contributed by atoms with van der Waals surface area (Å²) >= 11 is 0. The van der Waals surface area contributed by atoms with Crippen LogP contribution in [0.25, 0.3) is 45.0 Å². The lowest BCUT2D eigenvalue weighted by atomic mass is 10.1. The third-order valence-electron chi connectivity index (χ3n) is 9.64. The molecular weight excluding hydrogens is 689 g/mol. The van der Waals surface area contributed by atoms with Crippen LogP contribution in [0.4, 0.5) is 0 Å². The van der Waals surface area contributed by atoms with E-state index in [4.69, 9.17) is 9.47 Å². The molecule has 56 heavy (non-hydrogen) atoms. The Labute approximate surface area is 326 Å². The zero-order valence-electron chi connectivity index (χ0n) is 30.5. The zero-order chi connectivity index (χ0) is 37.5. The van der Waals surface area contributed by atoms with Crippen molar-refractivity contribution < 1.29 is 27.7 Å². The van der Waals surface area contributed by atoms with Crippen molar-refractivity contribution >= 4 is 0 Å². The van der Waals surface area contributed by atoms with Gasteiger partial charge in [0.1, 0.15) is 23.0 Å². The molecule has 0 amide bonds. The molecule has 6 heteroatoms. The second-order valence-corrected chi connectivity index (χ2v) is 13.3. The maximum atomic E-state index is 6.21. The highest BCUT2D eigenvalue weighted by Crippen LogP contribution is 2.29. The van der Waals surface area contributed by atoms with E-state index in [0.717, 1.165) is 56.5 Å². The number of nitrogens with zero attached hydrogens (tertiary/aromatic N) is 4. The molecule has 9 aromatic rings. The van der Waals surface area contributed by atoms with E-state index >= 15 is 0 Å². The van der Waals surface area contributed by atoms with Gasteiger partial charge in [0.15, 0.2) is 49.6 Å². The molecule has 0 atom stereocenters. The summed E-state index contributed by atoms with van der Waals surface area (Å²) in [5.74, 6) is 2.89. The third kappa shape index (κ3) is 7.81. The van der Waals surface area contributed by atoms with E-state index in [1.807, 2.05) is 84.9 Å². The summed E-state index contributed by atoms with van der Waals surface area (Å²) in [5.41, 5.74) is 9.01. The molecule has 0 aliphatic carbocycles. The summed E-state index contributed by atoms with van der Waals surface area (Å²) in [4.78, 5) is 0. The van der Waals surface area contributed by atoms with Crippen molar-refractivity contribution in [3.8, 4) is 68.0 Å². The maximum absolute atomic E-state index is 6.21. The lowest BCUT2D eigenvalue weighted by Crippen LogP contribution is -2.29.